The lowest BCUT2D eigenvalue weighted by atomic mass is 10.1. The molecular weight excluding hydrogens is 538 g/mol. The van der Waals surface area contributed by atoms with E-state index in [0.717, 1.165) is 31.2 Å². The Morgan fingerprint density at radius 3 is 2.47 bits per heavy atom. The molecule has 1 heterocycles. The molecule has 0 saturated carbocycles. The summed E-state index contributed by atoms with van der Waals surface area (Å²) in [5.74, 6) is -0.629. The molecule has 1 atom stereocenters. The number of nitrogens with zero attached hydrogens (tertiary/aromatic N) is 1. The molecule has 0 spiro atoms. The third-order valence-corrected chi connectivity index (χ3v) is 6.22. The van der Waals surface area contributed by atoms with Crippen molar-refractivity contribution in [1.82, 2.24) is 4.90 Å². The number of benzene rings is 2. The highest BCUT2D eigenvalue weighted by Crippen LogP contribution is 2.36. The van der Waals surface area contributed by atoms with Gasteiger partial charge < -0.3 is 9.47 Å². The van der Waals surface area contributed by atoms with E-state index < -0.39 is 23.2 Å². The van der Waals surface area contributed by atoms with Crippen molar-refractivity contribution >= 4 is 66.8 Å². The summed E-state index contributed by atoms with van der Waals surface area (Å²) in [6, 6.07) is 12.2. The van der Waals surface area contributed by atoms with Crippen molar-refractivity contribution in [3.63, 3.8) is 0 Å². The lowest BCUT2D eigenvalue weighted by Crippen LogP contribution is -2.42. The van der Waals surface area contributed by atoms with E-state index in [9.17, 15) is 14.4 Å². The van der Waals surface area contributed by atoms with E-state index in [1.807, 2.05) is 30.3 Å². The van der Waals surface area contributed by atoms with Gasteiger partial charge in [0.1, 0.15) is 18.4 Å². The van der Waals surface area contributed by atoms with E-state index in [0.29, 0.717) is 17.9 Å². The number of hydrogen-bond acceptors (Lipinski definition) is 6. The average molecular weight is 555 g/mol. The van der Waals surface area contributed by atoms with Crippen molar-refractivity contribution < 1.29 is 23.9 Å². The first kappa shape index (κ1) is 22.6. The second-order valence-corrected chi connectivity index (χ2v) is 9.17. The third-order valence-electron chi connectivity index (χ3n) is 4.32. The summed E-state index contributed by atoms with van der Waals surface area (Å²) < 4.78 is 12.4. The van der Waals surface area contributed by atoms with Crippen LogP contribution in [0.25, 0.3) is 6.08 Å². The number of esters is 1. The molecule has 0 unspecified atom stereocenters. The molecule has 2 aromatic carbocycles. The lowest BCUT2D eigenvalue weighted by Gasteiger charge is -2.18. The Labute approximate surface area is 194 Å². The Hall–Kier alpha value is -2.10. The van der Waals surface area contributed by atoms with Gasteiger partial charge in [-0.05, 0) is 60.7 Å². The lowest BCUT2D eigenvalue weighted by molar-refractivity contribution is -0.148. The Kier molecular flexibility index (Phi) is 7.38. The van der Waals surface area contributed by atoms with E-state index in [4.69, 9.17) is 4.74 Å². The number of methoxy groups -OCH3 is 1. The van der Waals surface area contributed by atoms with E-state index in [2.05, 4.69) is 36.6 Å². The molecule has 30 heavy (non-hydrogen) atoms. The number of rotatable bonds is 6. The number of hydrogen-bond donors (Lipinski definition) is 0. The molecular formula is C21H17Br2NO5S. The highest BCUT2D eigenvalue weighted by Gasteiger charge is 2.41. The van der Waals surface area contributed by atoms with Crippen LogP contribution in [0.3, 0.4) is 0 Å². The number of halogens is 2. The van der Waals surface area contributed by atoms with Crippen LogP contribution in [0.4, 0.5) is 4.79 Å². The van der Waals surface area contributed by atoms with Crippen molar-refractivity contribution in [3.8, 4) is 5.75 Å². The van der Waals surface area contributed by atoms with Gasteiger partial charge in [-0.3, -0.25) is 14.5 Å². The van der Waals surface area contributed by atoms with Gasteiger partial charge in [-0.15, -0.1) is 0 Å². The van der Waals surface area contributed by atoms with Gasteiger partial charge >= 0.3 is 5.97 Å². The first-order valence-electron chi connectivity index (χ1n) is 8.82. The summed E-state index contributed by atoms with van der Waals surface area (Å²) >= 11 is 7.60. The molecule has 0 N–H and O–H groups in total. The molecule has 0 radical (unpaired) electrons. The maximum atomic E-state index is 12.7. The fourth-order valence-electron chi connectivity index (χ4n) is 2.74. The quantitative estimate of drug-likeness (QED) is 0.352. The summed E-state index contributed by atoms with van der Waals surface area (Å²) in [6.45, 7) is 1.80. The Morgan fingerprint density at radius 2 is 1.80 bits per heavy atom. The van der Waals surface area contributed by atoms with Crippen molar-refractivity contribution in [3.05, 3.63) is 67.4 Å². The van der Waals surface area contributed by atoms with E-state index in [-0.39, 0.29) is 4.91 Å². The first-order valence-corrected chi connectivity index (χ1v) is 11.2. The zero-order valence-corrected chi connectivity index (χ0v) is 20.0. The van der Waals surface area contributed by atoms with Gasteiger partial charge in [0.25, 0.3) is 11.1 Å². The number of imide groups is 1. The van der Waals surface area contributed by atoms with Crippen LogP contribution in [0.5, 0.6) is 5.75 Å². The number of ether oxygens (including phenoxy) is 2. The first-order chi connectivity index (χ1) is 14.3. The fourth-order valence-corrected chi connectivity index (χ4v) is 4.28. The molecule has 6 nitrogen and oxygen atoms in total. The van der Waals surface area contributed by atoms with Gasteiger partial charge in [0.05, 0.1) is 12.0 Å². The van der Waals surface area contributed by atoms with E-state index in [1.54, 1.807) is 18.2 Å². The molecule has 9 heteroatoms. The van der Waals surface area contributed by atoms with Crippen LogP contribution in [0.2, 0.25) is 0 Å². The van der Waals surface area contributed by atoms with Crippen LogP contribution in [0.15, 0.2) is 56.3 Å². The van der Waals surface area contributed by atoms with E-state index in [1.165, 1.54) is 14.0 Å². The van der Waals surface area contributed by atoms with E-state index >= 15 is 0 Å². The maximum absolute atomic E-state index is 12.7. The van der Waals surface area contributed by atoms with Crippen molar-refractivity contribution in [2.75, 3.05) is 7.11 Å². The summed E-state index contributed by atoms with van der Waals surface area (Å²) in [7, 11) is 1.21. The molecule has 1 saturated heterocycles. The Morgan fingerprint density at radius 1 is 1.13 bits per heavy atom. The Balaban J connectivity index is 1.85. The van der Waals surface area contributed by atoms with Gasteiger partial charge in [0.2, 0.25) is 0 Å². The fraction of sp³-hybridized carbons (Fsp3) is 0.190. The largest absolute Gasteiger partial charge is 0.488 e. The number of amides is 2. The molecule has 1 aliphatic rings. The second-order valence-electron chi connectivity index (χ2n) is 6.35. The molecule has 1 aliphatic heterocycles. The minimum Gasteiger partial charge on any atom is -0.488 e. The summed E-state index contributed by atoms with van der Waals surface area (Å²) in [5.41, 5.74) is 1.62. The van der Waals surface area contributed by atoms with Crippen LogP contribution < -0.4 is 4.74 Å². The van der Waals surface area contributed by atoms with Gasteiger partial charge in [0.15, 0.2) is 0 Å². The van der Waals surface area contributed by atoms with Crippen LogP contribution in [0, 0.1) is 0 Å². The molecule has 0 aromatic heterocycles. The van der Waals surface area contributed by atoms with Crippen molar-refractivity contribution in [1.29, 1.82) is 0 Å². The van der Waals surface area contributed by atoms with Crippen LogP contribution >= 0.6 is 43.6 Å². The summed E-state index contributed by atoms with van der Waals surface area (Å²) in [4.78, 5) is 37.9. The minimum absolute atomic E-state index is 0.211. The second kappa shape index (κ2) is 9.80. The SMILES string of the molecule is COC(=O)[C@H](C)N1C(=O)S/C(=C/c2cc(Br)ccc2OCc2ccc(Br)cc2)C1=O. The average Bonchev–Trinajstić information content (AvgIpc) is 3.00. The summed E-state index contributed by atoms with van der Waals surface area (Å²) in [5, 5.41) is -0.517. The van der Waals surface area contributed by atoms with Crippen molar-refractivity contribution in [2.24, 2.45) is 0 Å². The molecule has 0 aliphatic carbocycles. The zero-order chi connectivity index (χ0) is 21.8. The normalized spacial score (nSPS) is 16.1. The molecule has 2 aromatic rings. The smallest absolute Gasteiger partial charge is 0.328 e. The Bertz CT molecular complexity index is 1020. The van der Waals surface area contributed by atoms with Crippen LogP contribution in [-0.4, -0.2) is 35.2 Å². The molecule has 3 rings (SSSR count). The summed E-state index contributed by atoms with van der Waals surface area (Å²) in [6.07, 6.45) is 1.59. The van der Waals surface area contributed by atoms with Gasteiger partial charge in [-0.2, -0.15) is 0 Å². The van der Waals surface area contributed by atoms with Crippen molar-refractivity contribution in [2.45, 2.75) is 19.6 Å². The molecule has 1 fully saturated rings. The zero-order valence-electron chi connectivity index (χ0n) is 16.1. The number of carbonyl (C=O) groups excluding carboxylic acids is 3. The van der Waals surface area contributed by atoms with Crippen LogP contribution in [-0.2, 0) is 20.9 Å². The molecule has 0 bridgehead atoms. The van der Waals surface area contributed by atoms with Gasteiger partial charge in [-0.1, -0.05) is 44.0 Å². The highest BCUT2D eigenvalue weighted by molar-refractivity contribution is 9.10. The molecule has 2 amide bonds. The van der Waals surface area contributed by atoms with Crippen LogP contribution in [0.1, 0.15) is 18.1 Å². The highest BCUT2D eigenvalue weighted by atomic mass is 79.9. The topological polar surface area (TPSA) is 72.9 Å². The third kappa shape index (κ3) is 5.14. The predicted molar refractivity (Wildman–Crippen MR) is 122 cm³/mol. The standard InChI is InChI=1S/C21H17Br2NO5S/c1-12(20(26)28-2)24-19(25)18(30-21(24)27)10-14-9-16(23)7-8-17(14)29-11-13-3-5-15(22)6-4-13/h3-10,12H,11H2,1-2H3/b18-10+/t12-/m0/s1. The minimum atomic E-state index is -0.996. The predicted octanol–water partition coefficient (Wildman–Crippen LogP) is 5.39. The number of carbonyl (C=O) groups is 3. The van der Waals surface area contributed by atoms with Gasteiger partial charge in [-0.25, -0.2) is 4.79 Å². The number of thioether (sulfide) groups is 1. The monoisotopic (exact) mass is 553 g/mol. The maximum Gasteiger partial charge on any atom is 0.328 e. The molecule has 156 valence electrons. The van der Waals surface area contributed by atoms with Gasteiger partial charge in [0, 0.05) is 14.5 Å².